The van der Waals surface area contributed by atoms with Crippen molar-refractivity contribution in [1.82, 2.24) is 14.8 Å². The van der Waals surface area contributed by atoms with Gasteiger partial charge >= 0.3 is 0 Å². The lowest BCUT2D eigenvalue weighted by atomic mass is 10.1. The summed E-state index contributed by atoms with van der Waals surface area (Å²) in [4.78, 5) is 15.2. The second kappa shape index (κ2) is 3.65. The monoisotopic (exact) mass is 201 g/mol. The lowest BCUT2D eigenvalue weighted by molar-refractivity contribution is 0.101. The fraction of sp³-hybridized carbons (Fsp3) is 0.182. The lowest BCUT2D eigenvalue weighted by Gasteiger charge is -1.98. The first-order valence-electron chi connectivity index (χ1n) is 4.62. The second-order valence-corrected chi connectivity index (χ2v) is 3.42. The molecule has 4 heteroatoms. The number of pyridine rings is 1. The number of hydrogen-bond acceptors (Lipinski definition) is 3. The first kappa shape index (κ1) is 9.58. The molecule has 0 atom stereocenters. The van der Waals surface area contributed by atoms with Crippen molar-refractivity contribution in [1.29, 1.82) is 0 Å². The molecule has 0 aromatic carbocycles. The molecule has 0 saturated carbocycles. The average Bonchev–Trinajstić information content (AvgIpc) is 2.65. The number of hydrogen-bond donors (Lipinski definition) is 0. The van der Waals surface area contributed by atoms with Gasteiger partial charge in [-0.1, -0.05) is 0 Å². The Balaban J connectivity index is 2.45. The number of ketones is 1. The molecule has 0 bridgehead atoms. The highest BCUT2D eigenvalue weighted by molar-refractivity contribution is 5.94. The van der Waals surface area contributed by atoms with Crippen LogP contribution in [-0.4, -0.2) is 20.5 Å². The maximum absolute atomic E-state index is 11.2. The Morgan fingerprint density at radius 3 is 2.67 bits per heavy atom. The summed E-state index contributed by atoms with van der Waals surface area (Å²) in [5.41, 5.74) is 2.50. The quantitative estimate of drug-likeness (QED) is 0.694. The summed E-state index contributed by atoms with van der Waals surface area (Å²) in [5, 5.41) is 4.07. The molecule has 0 fully saturated rings. The lowest BCUT2D eigenvalue weighted by Crippen LogP contribution is -1.93. The van der Waals surface area contributed by atoms with E-state index in [1.165, 1.54) is 6.92 Å². The molecule has 0 N–H and O–H groups in total. The highest BCUT2D eigenvalue weighted by Gasteiger charge is 2.04. The standard InChI is InChI=1S/C11H11N3O/c1-8(15)9-3-10(5-12-4-9)11-6-13-14(2)7-11/h3-7H,1-2H3. The van der Waals surface area contributed by atoms with Crippen LogP contribution in [0.4, 0.5) is 0 Å². The Hall–Kier alpha value is -1.97. The van der Waals surface area contributed by atoms with Gasteiger partial charge in [-0.3, -0.25) is 14.5 Å². The van der Waals surface area contributed by atoms with E-state index in [1.54, 1.807) is 23.3 Å². The molecular weight excluding hydrogens is 190 g/mol. The van der Waals surface area contributed by atoms with Gasteiger partial charge < -0.3 is 0 Å². The number of rotatable bonds is 2. The van der Waals surface area contributed by atoms with Gasteiger partial charge in [-0.05, 0) is 13.0 Å². The topological polar surface area (TPSA) is 47.8 Å². The minimum atomic E-state index is 0.0215. The molecule has 76 valence electrons. The molecule has 0 spiro atoms. The van der Waals surface area contributed by atoms with Gasteiger partial charge in [0.2, 0.25) is 0 Å². The van der Waals surface area contributed by atoms with Crippen LogP contribution >= 0.6 is 0 Å². The van der Waals surface area contributed by atoms with Gasteiger partial charge in [-0.15, -0.1) is 0 Å². The third-order valence-electron chi connectivity index (χ3n) is 2.18. The molecule has 2 aromatic rings. The number of aryl methyl sites for hydroxylation is 1. The van der Waals surface area contributed by atoms with Gasteiger partial charge in [0.05, 0.1) is 6.20 Å². The van der Waals surface area contributed by atoms with Gasteiger partial charge in [0.15, 0.2) is 5.78 Å². The minimum absolute atomic E-state index is 0.0215. The molecule has 0 aliphatic rings. The molecule has 0 unspecified atom stereocenters. The van der Waals surface area contributed by atoms with E-state index in [0.29, 0.717) is 5.56 Å². The minimum Gasteiger partial charge on any atom is -0.294 e. The smallest absolute Gasteiger partial charge is 0.161 e. The van der Waals surface area contributed by atoms with Crippen molar-refractivity contribution >= 4 is 5.78 Å². The van der Waals surface area contributed by atoms with Crippen LogP contribution in [0.5, 0.6) is 0 Å². The van der Waals surface area contributed by atoms with Crippen LogP contribution in [0.3, 0.4) is 0 Å². The van der Waals surface area contributed by atoms with Crippen molar-refractivity contribution in [3.8, 4) is 11.1 Å². The molecule has 0 amide bonds. The van der Waals surface area contributed by atoms with E-state index < -0.39 is 0 Å². The SMILES string of the molecule is CC(=O)c1cncc(-c2cnn(C)c2)c1. The zero-order valence-electron chi connectivity index (χ0n) is 8.64. The fourth-order valence-corrected chi connectivity index (χ4v) is 1.36. The van der Waals surface area contributed by atoms with E-state index >= 15 is 0 Å². The number of Topliss-reactive ketones (excluding diaryl/α,β-unsaturated/α-hetero) is 1. The summed E-state index contributed by atoms with van der Waals surface area (Å²) in [7, 11) is 1.85. The molecule has 0 aliphatic heterocycles. The highest BCUT2D eigenvalue weighted by atomic mass is 16.1. The van der Waals surface area contributed by atoms with Crippen LogP contribution in [0.15, 0.2) is 30.9 Å². The summed E-state index contributed by atoms with van der Waals surface area (Å²) < 4.78 is 1.72. The molecule has 2 aromatic heterocycles. The predicted molar refractivity (Wildman–Crippen MR) is 56.4 cm³/mol. The van der Waals surface area contributed by atoms with Crippen LogP contribution in [-0.2, 0) is 7.05 Å². The summed E-state index contributed by atoms with van der Waals surface area (Å²) in [6.07, 6.45) is 6.94. The third-order valence-corrected chi connectivity index (χ3v) is 2.18. The number of carbonyl (C=O) groups excluding carboxylic acids is 1. The van der Waals surface area contributed by atoms with Crippen LogP contribution in [0, 0.1) is 0 Å². The van der Waals surface area contributed by atoms with Crippen molar-refractivity contribution in [2.75, 3.05) is 0 Å². The van der Waals surface area contributed by atoms with Crippen molar-refractivity contribution in [2.24, 2.45) is 7.05 Å². The van der Waals surface area contributed by atoms with Crippen molar-refractivity contribution in [2.45, 2.75) is 6.92 Å². The Labute approximate surface area is 87.6 Å². The average molecular weight is 201 g/mol. The molecule has 2 rings (SSSR count). The number of carbonyl (C=O) groups is 1. The largest absolute Gasteiger partial charge is 0.294 e. The summed E-state index contributed by atoms with van der Waals surface area (Å²) in [5.74, 6) is 0.0215. The molecule has 0 radical (unpaired) electrons. The normalized spacial score (nSPS) is 10.3. The van der Waals surface area contributed by atoms with Gasteiger partial charge in [-0.25, -0.2) is 0 Å². The summed E-state index contributed by atoms with van der Waals surface area (Å²) >= 11 is 0. The zero-order valence-corrected chi connectivity index (χ0v) is 8.64. The van der Waals surface area contributed by atoms with Gasteiger partial charge in [0.1, 0.15) is 0 Å². The van der Waals surface area contributed by atoms with E-state index in [2.05, 4.69) is 10.1 Å². The van der Waals surface area contributed by atoms with E-state index in [4.69, 9.17) is 0 Å². The van der Waals surface area contributed by atoms with E-state index in [-0.39, 0.29) is 5.78 Å². The Morgan fingerprint density at radius 1 is 1.27 bits per heavy atom. The highest BCUT2D eigenvalue weighted by Crippen LogP contribution is 2.18. The van der Waals surface area contributed by atoms with Gasteiger partial charge in [0, 0.05) is 42.3 Å². The Kier molecular flexibility index (Phi) is 2.33. The van der Waals surface area contributed by atoms with Crippen LogP contribution < -0.4 is 0 Å². The van der Waals surface area contributed by atoms with Crippen molar-refractivity contribution < 1.29 is 4.79 Å². The first-order chi connectivity index (χ1) is 7.16. The van der Waals surface area contributed by atoms with Crippen LogP contribution in [0.1, 0.15) is 17.3 Å². The summed E-state index contributed by atoms with van der Waals surface area (Å²) in [6.45, 7) is 1.53. The molecule has 0 aliphatic carbocycles. The second-order valence-electron chi connectivity index (χ2n) is 3.42. The molecule has 4 nitrogen and oxygen atoms in total. The Morgan fingerprint density at radius 2 is 2.07 bits per heavy atom. The first-order valence-corrected chi connectivity index (χ1v) is 4.62. The van der Waals surface area contributed by atoms with E-state index in [0.717, 1.165) is 11.1 Å². The zero-order chi connectivity index (χ0) is 10.8. The van der Waals surface area contributed by atoms with Crippen LogP contribution in [0.25, 0.3) is 11.1 Å². The van der Waals surface area contributed by atoms with Crippen molar-refractivity contribution in [3.05, 3.63) is 36.4 Å². The molecular formula is C11H11N3O. The maximum Gasteiger partial charge on any atom is 0.161 e. The van der Waals surface area contributed by atoms with Gasteiger partial charge in [0.25, 0.3) is 0 Å². The number of nitrogens with zero attached hydrogens (tertiary/aromatic N) is 3. The summed E-state index contributed by atoms with van der Waals surface area (Å²) in [6, 6.07) is 1.83. The Bertz CT molecular complexity index is 502. The maximum atomic E-state index is 11.2. The molecule has 15 heavy (non-hydrogen) atoms. The van der Waals surface area contributed by atoms with Gasteiger partial charge in [-0.2, -0.15) is 5.10 Å². The fourth-order valence-electron chi connectivity index (χ4n) is 1.36. The van der Waals surface area contributed by atoms with E-state index in [9.17, 15) is 4.79 Å². The third kappa shape index (κ3) is 1.93. The predicted octanol–water partition coefficient (Wildman–Crippen LogP) is 1.68. The van der Waals surface area contributed by atoms with E-state index in [1.807, 2.05) is 19.3 Å². The van der Waals surface area contributed by atoms with Crippen molar-refractivity contribution in [3.63, 3.8) is 0 Å². The number of aromatic nitrogens is 3. The molecule has 2 heterocycles. The van der Waals surface area contributed by atoms with Crippen LogP contribution in [0.2, 0.25) is 0 Å². The molecule has 0 saturated heterocycles.